The van der Waals surface area contributed by atoms with Crippen LogP contribution in [0.5, 0.6) is 0 Å². The first-order chi connectivity index (χ1) is 8.06. The summed E-state index contributed by atoms with van der Waals surface area (Å²) in [5.41, 5.74) is 0. The molecule has 3 heteroatoms. The fourth-order valence-electron chi connectivity index (χ4n) is 1.96. The Bertz CT molecular complexity index is 200. The van der Waals surface area contributed by atoms with E-state index in [-0.39, 0.29) is 12.5 Å². The van der Waals surface area contributed by atoms with Gasteiger partial charge in [-0.1, -0.05) is 34.6 Å². The molecule has 0 aliphatic heterocycles. The van der Waals surface area contributed by atoms with Gasteiger partial charge < -0.3 is 9.64 Å². The minimum Gasteiger partial charge on any atom is -0.372 e. The zero-order chi connectivity index (χ0) is 13.3. The van der Waals surface area contributed by atoms with Crippen molar-refractivity contribution in [2.45, 2.75) is 59.9 Å². The zero-order valence-corrected chi connectivity index (χ0v) is 12.2. The van der Waals surface area contributed by atoms with E-state index < -0.39 is 0 Å². The van der Waals surface area contributed by atoms with Crippen molar-refractivity contribution >= 4 is 5.91 Å². The van der Waals surface area contributed by atoms with Crippen molar-refractivity contribution in [1.82, 2.24) is 4.90 Å². The van der Waals surface area contributed by atoms with Gasteiger partial charge in [-0.15, -0.1) is 0 Å². The molecule has 17 heavy (non-hydrogen) atoms. The van der Waals surface area contributed by atoms with Crippen LogP contribution in [-0.4, -0.2) is 36.6 Å². The summed E-state index contributed by atoms with van der Waals surface area (Å²) < 4.78 is 5.36. The maximum absolute atomic E-state index is 12.1. The van der Waals surface area contributed by atoms with Crippen molar-refractivity contribution < 1.29 is 9.53 Å². The summed E-state index contributed by atoms with van der Waals surface area (Å²) in [7, 11) is 0. The van der Waals surface area contributed by atoms with E-state index in [1.807, 2.05) is 4.90 Å². The van der Waals surface area contributed by atoms with Gasteiger partial charge >= 0.3 is 0 Å². The third-order valence-corrected chi connectivity index (χ3v) is 2.84. The molecular weight excluding hydrogens is 214 g/mol. The maximum atomic E-state index is 12.1. The van der Waals surface area contributed by atoms with Crippen molar-refractivity contribution in [3.63, 3.8) is 0 Å². The highest BCUT2D eigenvalue weighted by Crippen LogP contribution is 2.12. The van der Waals surface area contributed by atoms with Gasteiger partial charge in [0, 0.05) is 19.2 Å². The summed E-state index contributed by atoms with van der Waals surface area (Å²) in [6.07, 6.45) is 2.99. The van der Waals surface area contributed by atoms with E-state index in [4.69, 9.17) is 4.74 Å². The highest BCUT2D eigenvalue weighted by molar-refractivity contribution is 5.77. The van der Waals surface area contributed by atoms with Crippen LogP contribution in [0.3, 0.4) is 0 Å². The molecule has 0 unspecified atom stereocenters. The molecule has 0 aromatic rings. The van der Waals surface area contributed by atoms with Crippen molar-refractivity contribution in [1.29, 1.82) is 0 Å². The highest BCUT2D eigenvalue weighted by atomic mass is 16.5. The molecule has 0 heterocycles. The van der Waals surface area contributed by atoms with Crippen LogP contribution in [0.1, 0.15) is 53.9 Å². The quantitative estimate of drug-likeness (QED) is 0.582. The molecule has 0 radical (unpaired) electrons. The summed E-state index contributed by atoms with van der Waals surface area (Å²) in [6, 6.07) is 0.357. The molecule has 0 aliphatic rings. The molecule has 1 amide bonds. The molecule has 102 valence electrons. The van der Waals surface area contributed by atoms with Crippen molar-refractivity contribution in [3.8, 4) is 0 Å². The third kappa shape index (κ3) is 6.67. The fourth-order valence-corrected chi connectivity index (χ4v) is 1.96. The SMILES string of the molecule is CCCOCC(=O)N(CC(C)C)C(CC)CC. The topological polar surface area (TPSA) is 29.5 Å². The van der Waals surface area contributed by atoms with Crippen LogP contribution in [0.4, 0.5) is 0 Å². The molecular formula is C14H29NO2. The van der Waals surface area contributed by atoms with Gasteiger partial charge in [0.05, 0.1) is 0 Å². The Labute approximate surface area is 107 Å². The van der Waals surface area contributed by atoms with Gasteiger partial charge in [-0.25, -0.2) is 0 Å². The highest BCUT2D eigenvalue weighted by Gasteiger charge is 2.21. The van der Waals surface area contributed by atoms with Gasteiger partial charge in [-0.2, -0.15) is 0 Å². The van der Waals surface area contributed by atoms with E-state index in [1.54, 1.807) is 0 Å². The molecule has 0 aromatic carbocycles. The molecule has 0 N–H and O–H groups in total. The summed E-state index contributed by atoms with van der Waals surface area (Å²) in [6.45, 7) is 12.4. The Balaban J connectivity index is 4.38. The van der Waals surface area contributed by atoms with Crippen molar-refractivity contribution in [2.75, 3.05) is 19.8 Å². The molecule has 0 bridgehead atoms. The van der Waals surface area contributed by atoms with Gasteiger partial charge in [0.15, 0.2) is 0 Å². The number of ether oxygens (including phenoxy) is 1. The Morgan fingerprint density at radius 1 is 1.18 bits per heavy atom. The molecule has 0 aliphatic carbocycles. The Kier molecular flexibility index (Phi) is 9.14. The number of amides is 1. The molecule has 0 saturated carbocycles. The molecule has 0 spiro atoms. The maximum Gasteiger partial charge on any atom is 0.248 e. The predicted molar refractivity (Wildman–Crippen MR) is 72.0 cm³/mol. The average Bonchev–Trinajstić information content (AvgIpc) is 2.29. The first kappa shape index (κ1) is 16.4. The van der Waals surface area contributed by atoms with Gasteiger partial charge in [-0.05, 0) is 25.2 Å². The number of nitrogens with zero attached hydrogens (tertiary/aromatic N) is 1. The minimum atomic E-state index is 0.140. The van der Waals surface area contributed by atoms with E-state index in [2.05, 4.69) is 34.6 Å². The molecule has 0 rings (SSSR count). The molecule has 0 saturated heterocycles. The zero-order valence-electron chi connectivity index (χ0n) is 12.2. The second-order valence-electron chi connectivity index (χ2n) is 4.96. The van der Waals surface area contributed by atoms with Crippen LogP contribution in [0.2, 0.25) is 0 Å². The number of hydrogen-bond acceptors (Lipinski definition) is 2. The van der Waals surface area contributed by atoms with E-state index in [0.29, 0.717) is 18.6 Å². The van der Waals surface area contributed by atoms with Crippen molar-refractivity contribution in [2.24, 2.45) is 5.92 Å². The smallest absolute Gasteiger partial charge is 0.248 e. The second-order valence-corrected chi connectivity index (χ2v) is 4.96. The Morgan fingerprint density at radius 3 is 2.18 bits per heavy atom. The standard InChI is InChI=1S/C14H29NO2/c1-6-9-17-11-14(16)15(10-12(4)5)13(7-2)8-3/h12-13H,6-11H2,1-5H3. The monoisotopic (exact) mass is 243 g/mol. The molecule has 0 fully saturated rings. The minimum absolute atomic E-state index is 0.140. The van der Waals surface area contributed by atoms with Gasteiger partial charge in [0.25, 0.3) is 0 Å². The van der Waals surface area contributed by atoms with Gasteiger partial charge in [0.2, 0.25) is 5.91 Å². The normalized spacial score (nSPS) is 11.2. The van der Waals surface area contributed by atoms with Crippen LogP contribution >= 0.6 is 0 Å². The lowest BCUT2D eigenvalue weighted by molar-refractivity contribution is -0.139. The summed E-state index contributed by atoms with van der Waals surface area (Å²) in [5, 5.41) is 0. The fraction of sp³-hybridized carbons (Fsp3) is 0.929. The summed E-state index contributed by atoms with van der Waals surface area (Å²) in [4.78, 5) is 14.1. The van der Waals surface area contributed by atoms with Crippen LogP contribution in [0, 0.1) is 5.92 Å². The van der Waals surface area contributed by atoms with E-state index in [1.165, 1.54) is 0 Å². The van der Waals surface area contributed by atoms with Gasteiger partial charge in [-0.3, -0.25) is 4.79 Å². The third-order valence-electron chi connectivity index (χ3n) is 2.84. The number of rotatable bonds is 9. The number of carbonyl (C=O) groups is 1. The average molecular weight is 243 g/mol. The van der Waals surface area contributed by atoms with E-state index >= 15 is 0 Å². The molecule has 3 nitrogen and oxygen atoms in total. The van der Waals surface area contributed by atoms with Crippen LogP contribution < -0.4 is 0 Å². The number of carbonyl (C=O) groups excluding carboxylic acids is 1. The summed E-state index contributed by atoms with van der Waals surface area (Å²) in [5.74, 6) is 0.645. The predicted octanol–water partition coefficient (Wildman–Crippen LogP) is 3.09. The lowest BCUT2D eigenvalue weighted by Crippen LogP contribution is -2.43. The Hall–Kier alpha value is -0.570. The van der Waals surface area contributed by atoms with Crippen molar-refractivity contribution in [3.05, 3.63) is 0 Å². The van der Waals surface area contributed by atoms with E-state index in [0.717, 1.165) is 25.8 Å². The lowest BCUT2D eigenvalue weighted by Gasteiger charge is -2.32. The second kappa shape index (κ2) is 9.46. The van der Waals surface area contributed by atoms with Gasteiger partial charge in [0.1, 0.15) is 6.61 Å². The molecule has 0 atom stereocenters. The van der Waals surface area contributed by atoms with Crippen LogP contribution in [-0.2, 0) is 9.53 Å². The Morgan fingerprint density at radius 2 is 1.76 bits per heavy atom. The van der Waals surface area contributed by atoms with Crippen LogP contribution in [0.25, 0.3) is 0 Å². The van der Waals surface area contributed by atoms with Crippen LogP contribution in [0.15, 0.2) is 0 Å². The largest absolute Gasteiger partial charge is 0.372 e. The first-order valence-corrected chi connectivity index (χ1v) is 6.93. The summed E-state index contributed by atoms with van der Waals surface area (Å²) >= 11 is 0. The first-order valence-electron chi connectivity index (χ1n) is 6.93. The molecule has 0 aromatic heterocycles. The lowest BCUT2D eigenvalue weighted by atomic mass is 10.1. The van der Waals surface area contributed by atoms with E-state index in [9.17, 15) is 4.79 Å². The number of hydrogen-bond donors (Lipinski definition) is 0.